The molecule has 0 aliphatic heterocycles. The third-order valence-electron chi connectivity index (χ3n) is 7.13. The van der Waals surface area contributed by atoms with Gasteiger partial charge in [-0.1, -0.05) is 60.7 Å². The highest BCUT2D eigenvalue weighted by molar-refractivity contribution is 6.83. The average Bonchev–Trinajstić information content (AvgIpc) is 3.34. The summed E-state index contributed by atoms with van der Waals surface area (Å²) in [5.41, 5.74) is 2.02. The second kappa shape index (κ2) is 7.45. The molecule has 0 saturated heterocycles. The summed E-state index contributed by atoms with van der Waals surface area (Å²) in [5.74, 6) is 1.53. The lowest BCUT2D eigenvalue weighted by atomic mass is 9.97. The Morgan fingerprint density at radius 1 is 0.833 bits per heavy atom. The SMILES string of the molecule is C[Si](C)(OCc1c2ccccc2cc2ccccc12)O[Si](C)(C)C1CC2C=CC1C2. The van der Waals surface area contributed by atoms with Gasteiger partial charge in [0.15, 0.2) is 8.32 Å². The molecule has 2 aliphatic rings. The van der Waals surface area contributed by atoms with Crippen molar-refractivity contribution in [2.45, 2.75) is 51.2 Å². The van der Waals surface area contributed by atoms with Crippen molar-refractivity contribution in [3.63, 3.8) is 0 Å². The van der Waals surface area contributed by atoms with Gasteiger partial charge in [-0.25, -0.2) is 0 Å². The lowest BCUT2D eigenvalue weighted by Crippen LogP contribution is -2.50. The van der Waals surface area contributed by atoms with E-state index in [-0.39, 0.29) is 0 Å². The molecule has 1 saturated carbocycles. The van der Waals surface area contributed by atoms with Gasteiger partial charge in [0.1, 0.15) is 0 Å². The zero-order valence-electron chi connectivity index (χ0n) is 18.5. The number of fused-ring (bicyclic) bond motifs is 4. The normalized spacial score (nSPS) is 23.7. The van der Waals surface area contributed by atoms with Gasteiger partial charge in [0.2, 0.25) is 0 Å². The summed E-state index contributed by atoms with van der Waals surface area (Å²) in [6.07, 6.45) is 7.54. The summed E-state index contributed by atoms with van der Waals surface area (Å²) >= 11 is 0. The Balaban J connectivity index is 1.39. The topological polar surface area (TPSA) is 18.5 Å². The van der Waals surface area contributed by atoms with Gasteiger partial charge in [0.25, 0.3) is 0 Å². The van der Waals surface area contributed by atoms with Crippen LogP contribution in [0.15, 0.2) is 66.7 Å². The highest BCUT2D eigenvalue weighted by Crippen LogP contribution is 2.52. The molecule has 3 aromatic rings. The van der Waals surface area contributed by atoms with Crippen molar-refractivity contribution in [2.24, 2.45) is 11.8 Å². The molecule has 0 aromatic heterocycles. The van der Waals surface area contributed by atoms with Crippen molar-refractivity contribution in [1.82, 2.24) is 0 Å². The Bertz CT molecular complexity index is 1060. The summed E-state index contributed by atoms with van der Waals surface area (Å²) < 4.78 is 13.6. The molecule has 3 atom stereocenters. The predicted octanol–water partition coefficient (Wildman–Crippen LogP) is 7.40. The first-order valence-corrected chi connectivity index (χ1v) is 17.0. The van der Waals surface area contributed by atoms with Crippen LogP contribution in [0.3, 0.4) is 0 Å². The minimum absolute atomic E-state index is 0.613. The van der Waals surface area contributed by atoms with E-state index in [4.69, 9.17) is 8.54 Å². The molecule has 0 heterocycles. The Labute approximate surface area is 182 Å². The van der Waals surface area contributed by atoms with Gasteiger partial charge in [-0.3, -0.25) is 0 Å². The summed E-state index contributed by atoms with van der Waals surface area (Å²) in [5, 5.41) is 5.13. The van der Waals surface area contributed by atoms with Gasteiger partial charge in [0, 0.05) is 0 Å². The van der Waals surface area contributed by atoms with Gasteiger partial charge in [0.05, 0.1) is 6.61 Å². The molecule has 1 fully saturated rings. The molecule has 3 aromatic carbocycles. The number of hydrogen-bond acceptors (Lipinski definition) is 2. The first-order chi connectivity index (χ1) is 14.3. The van der Waals surface area contributed by atoms with E-state index in [1.165, 1.54) is 39.9 Å². The molecule has 2 aliphatic carbocycles. The van der Waals surface area contributed by atoms with Gasteiger partial charge < -0.3 is 8.54 Å². The van der Waals surface area contributed by atoms with E-state index in [1.54, 1.807) is 0 Å². The first-order valence-electron chi connectivity index (χ1n) is 11.2. The Morgan fingerprint density at radius 3 is 2.03 bits per heavy atom. The van der Waals surface area contributed by atoms with E-state index in [0.717, 1.165) is 17.4 Å². The molecule has 0 amide bonds. The standard InChI is InChI=1S/C26H32O2Si2/c1-29(2,26-16-19-13-14-22(26)15-19)28-30(3,4)27-18-25-23-11-7-5-9-20(23)17-21-10-6-8-12-24(21)25/h5-14,17,19,22,26H,15-16,18H2,1-4H3. The van der Waals surface area contributed by atoms with E-state index in [0.29, 0.717) is 6.61 Å². The van der Waals surface area contributed by atoms with Crippen LogP contribution in [0, 0.1) is 11.8 Å². The summed E-state index contributed by atoms with van der Waals surface area (Å²) in [4.78, 5) is 0. The average molecular weight is 433 g/mol. The molecular weight excluding hydrogens is 400 g/mol. The monoisotopic (exact) mass is 432 g/mol. The number of rotatable bonds is 6. The van der Waals surface area contributed by atoms with Gasteiger partial charge >= 0.3 is 8.56 Å². The maximum absolute atomic E-state index is 6.93. The zero-order chi connectivity index (χ0) is 20.9. The summed E-state index contributed by atoms with van der Waals surface area (Å²) in [6.45, 7) is 9.91. The van der Waals surface area contributed by atoms with E-state index in [2.05, 4.69) is 92.9 Å². The van der Waals surface area contributed by atoms with Crippen LogP contribution in [0.4, 0.5) is 0 Å². The molecule has 30 heavy (non-hydrogen) atoms. The maximum atomic E-state index is 6.93. The molecule has 4 heteroatoms. The largest absolute Gasteiger partial charge is 0.436 e. The summed E-state index contributed by atoms with van der Waals surface area (Å²) in [6, 6.07) is 19.6. The van der Waals surface area contributed by atoms with Crippen LogP contribution < -0.4 is 0 Å². The predicted molar refractivity (Wildman–Crippen MR) is 131 cm³/mol. The fraction of sp³-hybridized carbons (Fsp3) is 0.385. The Hall–Kier alpha value is -1.73. The number of benzene rings is 3. The second-order valence-corrected chi connectivity index (χ2v) is 17.9. The third kappa shape index (κ3) is 3.71. The molecule has 0 N–H and O–H groups in total. The highest BCUT2D eigenvalue weighted by atomic mass is 28.4. The van der Waals surface area contributed by atoms with Crippen LogP contribution in [0.1, 0.15) is 18.4 Å². The molecule has 2 bridgehead atoms. The highest BCUT2D eigenvalue weighted by Gasteiger charge is 2.48. The Morgan fingerprint density at radius 2 is 1.47 bits per heavy atom. The van der Waals surface area contributed by atoms with Crippen LogP contribution in [0.25, 0.3) is 21.5 Å². The molecule has 3 unspecified atom stereocenters. The van der Waals surface area contributed by atoms with Crippen LogP contribution in [0.2, 0.25) is 31.7 Å². The molecule has 0 spiro atoms. The zero-order valence-corrected chi connectivity index (χ0v) is 20.5. The van der Waals surface area contributed by atoms with Gasteiger partial charge in [-0.05, 0) is 89.6 Å². The van der Waals surface area contributed by atoms with Gasteiger partial charge in [-0.15, -0.1) is 0 Å². The second-order valence-electron chi connectivity index (χ2n) is 10.1. The van der Waals surface area contributed by atoms with E-state index >= 15 is 0 Å². The van der Waals surface area contributed by atoms with E-state index < -0.39 is 16.9 Å². The van der Waals surface area contributed by atoms with Crippen LogP contribution >= 0.6 is 0 Å². The van der Waals surface area contributed by atoms with Crippen molar-refractivity contribution in [1.29, 1.82) is 0 Å². The fourth-order valence-corrected chi connectivity index (χ4v) is 14.4. The minimum Gasteiger partial charge on any atom is -0.436 e. The fourth-order valence-electron chi connectivity index (χ4n) is 5.83. The molecule has 0 radical (unpaired) electrons. The van der Waals surface area contributed by atoms with Gasteiger partial charge in [-0.2, -0.15) is 0 Å². The summed E-state index contributed by atoms with van der Waals surface area (Å²) in [7, 11) is -4.07. The van der Waals surface area contributed by atoms with Crippen molar-refractivity contribution in [2.75, 3.05) is 0 Å². The Kier molecular flexibility index (Phi) is 5.01. The van der Waals surface area contributed by atoms with E-state index in [9.17, 15) is 0 Å². The maximum Gasteiger partial charge on any atom is 0.321 e. The van der Waals surface area contributed by atoms with Crippen LogP contribution in [-0.2, 0) is 15.1 Å². The van der Waals surface area contributed by atoms with Crippen LogP contribution in [-0.4, -0.2) is 16.9 Å². The third-order valence-corrected chi connectivity index (χ3v) is 14.5. The minimum atomic E-state index is -2.25. The van der Waals surface area contributed by atoms with Crippen LogP contribution in [0.5, 0.6) is 0 Å². The first kappa shape index (κ1) is 20.2. The molecule has 156 valence electrons. The van der Waals surface area contributed by atoms with E-state index in [1.807, 2.05) is 0 Å². The smallest absolute Gasteiger partial charge is 0.321 e. The lowest BCUT2D eigenvalue weighted by molar-refractivity contribution is 0.234. The quantitative estimate of drug-likeness (QED) is 0.229. The van der Waals surface area contributed by atoms with Crippen molar-refractivity contribution >= 4 is 38.4 Å². The van der Waals surface area contributed by atoms with Crippen molar-refractivity contribution < 1.29 is 8.54 Å². The molecule has 5 rings (SSSR count). The van der Waals surface area contributed by atoms with Crippen molar-refractivity contribution in [3.8, 4) is 0 Å². The molecule has 2 nitrogen and oxygen atoms in total. The number of allylic oxidation sites excluding steroid dienone is 2. The van der Waals surface area contributed by atoms with Crippen molar-refractivity contribution in [3.05, 3.63) is 72.3 Å². The molecular formula is C26H32O2Si2. The number of hydrogen-bond donors (Lipinski definition) is 0. The lowest BCUT2D eigenvalue weighted by Gasteiger charge is -2.39.